The molecular weight excluding hydrogens is 587 g/mol. The van der Waals surface area contributed by atoms with Crippen LogP contribution in [0.15, 0.2) is 78.3 Å². The molecule has 10 nitrogen and oxygen atoms in total. The Labute approximate surface area is 255 Å². The van der Waals surface area contributed by atoms with Crippen LogP contribution in [0.2, 0.25) is 0 Å². The van der Waals surface area contributed by atoms with E-state index in [-0.39, 0.29) is 29.7 Å². The van der Waals surface area contributed by atoms with Gasteiger partial charge in [0.2, 0.25) is 15.9 Å². The Kier molecular flexibility index (Phi) is 9.00. The van der Waals surface area contributed by atoms with Crippen LogP contribution >= 0.6 is 11.3 Å². The number of hydrogen-bond donors (Lipinski definition) is 1. The lowest BCUT2D eigenvalue weighted by Gasteiger charge is -2.44. The number of pyridine rings is 1. The Balaban J connectivity index is 0.00000368. The van der Waals surface area contributed by atoms with Gasteiger partial charge in [-0.1, -0.05) is 57.0 Å². The number of amides is 1. The van der Waals surface area contributed by atoms with Gasteiger partial charge in [-0.3, -0.25) is 9.78 Å². The van der Waals surface area contributed by atoms with Crippen LogP contribution < -0.4 is 4.90 Å². The van der Waals surface area contributed by atoms with E-state index in [0.29, 0.717) is 16.9 Å². The molecule has 43 heavy (non-hydrogen) atoms. The molecule has 0 unspecified atom stereocenters. The third-order valence-corrected chi connectivity index (χ3v) is 10.9. The number of sulfonamides is 1. The molecule has 0 spiro atoms. The van der Waals surface area contributed by atoms with Crippen LogP contribution in [0.25, 0.3) is 21.7 Å². The standard InChI is InChI=1S/C30H29N5O5S2.CH4/c36-28-18-34(42(39,40)23-11-12-24(33-16-23)22-14-31-19-32-15-22)17-26(20-7-3-1-4-8-20)35(28)25-13-27(41-29(25)30(37)38)21-9-5-2-6-10-21;/h2,5-6,9-16,19-20,26H,1,3-4,7-8,17-18H2,(H,37,38);1H4/t26-;/m0./s1. The van der Waals surface area contributed by atoms with E-state index >= 15 is 0 Å². The van der Waals surface area contributed by atoms with Crippen molar-refractivity contribution in [3.63, 3.8) is 0 Å². The number of benzene rings is 1. The summed E-state index contributed by atoms with van der Waals surface area (Å²) in [5.41, 5.74) is 2.38. The van der Waals surface area contributed by atoms with E-state index in [2.05, 4.69) is 15.0 Å². The number of carboxylic acid groups (broad SMARTS) is 1. The van der Waals surface area contributed by atoms with Crippen molar-refractivity contribution in [2.45, 2.75) is 50.5 Å². The van der Waals surface area contributed by atoms with Crippen LogP contribution in [-0.4, -0.2) is 63.8 Å². The van der Waals surface area contributed by atoms with Crippen molar-refractivity contribution in [1.29, 1.82) is 0 Å². The van der Waals surface area contributed by atoms with E-state index in [4.69, 9.17) is 0 Å². The molecule has 2 aliphatic rings. The van der Waals surface area contributed by atoms with Gasteiger partial charge in [-0.15, -0.1) is 11.3 Å². The molecule has 1 N–H and O–H groups in total. The zero-order valence-electron chi connectivity index (χ0n) is 22.7. The Hall–Kier alpha value is -4.00. The molecule has 3 aromatic heterocycles. The minimum absolute atomic E-state index is 0. The molecule has 224 valence electrons. The molecule has 6 rings (SSSR count). The number of aromatic nitrogens is 3. The fraction of sp³-hybridized carbons (Fsp3) is 0.323. The summed E-state index contributed by atoms with van der Waals surface area (Å²) in [6.45, 7) is -0.321. The number of carbonyl (C=O) groups excluding carboxylic acids is 1. The predicted octanol–water partition coefficient (Wildman–Crippen LogP) is 5.59. The average Bonchev–Trinajstić information content (AvgIpc) is 3.47. The summed E-state index contributed by atoms with van der Waals surface area (Å²) in [7, 11) is -4.06. The van der Waals surface area contributed by atoms with Crippen molar-refractivity contribution in [3.05, 3.63) is 78.3 Å². The van der Waals surface area contributed by atoms with E-state index < -0.39 is 34.5 Å². The number of carboxylic acids is 1. The summed E-state index contributed by atoms with van der Waals surface area (Å²) in [6, 6.07) is 13.8. The molecule has 4 aromatic rings. The number of carbonyl (C=O) groups is 2. The van der Waals surface area contributed by atoms with Crippen molar-refractivity contribution in [3.8, 4) is 21.7 Å². The molecule has 2 fully saturated rings. The molecular formula is C31H33N5O5S2. The van der Waals surface area contributed by atoms with Crippen LogP contribution in [0.1, 0.15) is 49.2 Å². The third kappa shape index (κ3) is 6.08. The van der Waals surface area contributed by atoms with Crippen molar-refractivity contribution in [2.75, 3.05) is 18.0 Å². The van der Waals surface area contributed by atoms with Crippen LogP contribution in [0.4, 0.5) is 5.69 Å². The van der Waals surface area contributed by atoms with Crippen LogP contribution in [-0.2, 0) is 14.8 Å². The van der Waals surface area contributed by atoms with Crippen molar-refractivity contribution in [1.82, 2.24) is 19.3 Å². The lowest BCUT2D eigenvalue weighted by molar-refractivity contribution is -0.121. The zero-order chi connectivity index (χ0) is 29.3. The predicted molar refractivity (Wildman–Crippen MR) is 165 cm³/mol. The molecule has 1 amide bonds. The Morgan fingerprint density at radius 2 is 1.67 bits per heavy atom. The first kappa shape index (κ1) is 30.5. The van der Waals surface area contributed by atoms with Crippen molar-refractivity contribution < 1.29 is 23.1 Å². The van der Waals surface area contributed by atoms with E-state index in [0.717, 1.165) is 53.9 Å². The average molecular weight is 620 g/mol. The van der Waals surface area contributed by atoms with Gasteiger partial charge in [0, 0.05) is 35.6 Å². The molecule has 1 aromatic carbocycles. The van der Waals surface area contributed by atoms with Gasteiger partial charge in [-0.2, -0.15) is 4.31 Å². The van der Waals surface area contributed by atoms with Gasteiger partial charge in [-0.25, -0.2) is 23.2 Å². The summed E-state index contributed by atoms with van der Waals surface area (Å²) >= 11 is 1.13. The quantitative estimate of drug-likeness (QED) is 0.283. The van der Waals surface area contributed by atoms with E-state index in [9.17, 15) is 23.1 Å². The lowest BCUT2D eigenvalue weighted by atomic mass is 9.82. The van der Waals surface area contributed by atoms with Gasteiger partial charge in [0.25, 0.3) is 0 Å². The summed E-state index contributed by atoms with van der Waals surface area (Å²) < 4.78 is 28.9. The monoisotopic (exact) mass is 619 g/mol. The highest BCUT2D eigenvalue weighted by atomic mass is 32.2. The summed E-state index contributed by atoms with van der Waals surface area (Å²) in [5.74, 6) is -1.51. The highest BCUT2D eigenvalue weighted by Crippen LogP contribution is 2.42. The van der Waals surface area contributed by atoms with Crippen LogP contribution in [0, 0.1) is 5.92 Å². The molecule has 12 heteroatoms. The fourth-order valence-electron chi connectivity index (χ4n) is 5.88. The largest absolute Gasteiger partial charge is 0.477 e. The first-order chi connectivity index (χ1) is 20.3. The second-order valence-corrected chi connectivity index (χ2v) is 13.5. The number of nitrogens with zero attached hydrogens (tertiary/aromatic N) is 5. The summed E-state index contributed by atoms with van der Waals surface area (Å²) in [6.07, 6.45) is 10.6. The molecule has 1 aliphatic heterocycles. The minimum Gasteiger partial charge on any atom is -0.477 e. The van der Waals surface area contributed by atoms with Crippen molar-refractivity contribution in [2.24, 2.45) is 5.92 Å². The molecule has 1 saturated heterocycles. The molecule has 4 heterocycles. The van der Waals surface area contributed by atoms with E-state index in [1.807, 2.05) is 30.3 Å². The van der Waals surface area contributed by atoms with Crippen molar-refractivity contribution >= 4 is 38.9 Å². The lowest BCUT2D eigenvalue weighted by Crippen LogP contribution is -2.60. The fourth-order valence-corrected chi connectivity index (χ4v) is 8.23. The van der Waals surface area contributed by atoms with Gasteiger partial charge in [0.15, 0.2) is 0 Å². The topological polar surface area (TPSA) is 134 Å². The zero-order valence-corrected chi connectivity index (χ0v) is 24.3. The first-order valence-corrected chi connectivity index (χ1v) is 16.0. The molecule has 0 radical (unpaired) electrons. The van der Waals surface area contributed by atoms with Crippen LogP contribution in [0.5, 0.6) is 0 Å². The maximum Gasteiger partial charge on any atom is 0.348 e. The van der Waals surface area contributed by atoms with Gasteiger partial charge in [-0.05, 0) is 42.5 Å². The van der Waals surface area contributed by atoms with Gasteiger partial charge >= 0.3 is 5.97 Å². The Morgan fingerprint density at radius 3 is 2.33 bits per heavy atom. The molecule has 1 atom stereocenters. The Bertz CT molecular complexity index is 1690. The number of aromatic carboxylic acids is 1. The number of anilines is 1. The smallest absolute Gasteiger partial charge is 0.348 e. The van der Waals surface area contributed by atoms with E-state index in [1.54, 1.807) is 29.4 Å². The maximum absolute atomic E-state index is 13.9. The third-order valence-electron chi connectivity index (χ3n) is 7.95. The molecule has 0 bridgehead atoms. The second-order valence-electron chi connectivity index (χ2n) is 10.5. The molecule has 1 aliphatic carbocycles. The summed E-state index contributed by atoms with van der Waals surface area (Å²) in [4.78, 5) is 40.9. The van der Waals surface area contributed by atoms with Gasteiger partial charge in [0.05, 0.1) is 24.0 Å². The van der Waals surface area contributed by atoms with Crippen LogP contribution in [0.3, 0.4) is 0 Å². The Morgan fingerprint density at radius 1 is 0.953 bits per heavy atom. The number of rotatable bonds is 7. The van der Waals surface area contributed by atoms with E-state index in [1.165, 1.54) is 22.9 Å². The number of piperazine rings is 1. The normalized spacial score (nSPS) is 18.3. The SMILES string of the molecule is C.O=C(O)c1sc(-c2ccccc2)cc1N1C(=O)CN(S(=O)(=O)c2ccc(-c3cncnc3)nc2)C[C@H]1C1CCCCC1. The van der Waals surface area contributed by atoms with Gasteiger partial charge in [0.1, 0.15) is 16.1 Å². The number of thiophene rings is 1. The number of hydrogen-bond acceptors (Lipinski definition) is 8. The minimum atomic E-state index is -4.06. The highest BCUT2D eigenvalue weighted by Gasteiger charge is 2.44. The molecule has 1 saturated carbocycles. The van der Waals surface area contributed by atoms with Gasteiger partial charge < -0.3 is 10.0 Å². The second kappa shape index (κ2) is 12.7. The first-order valence-electron chi connectivity index (χ1n) is 13.8. The highest BCUT2D eigenvalue weighted by molar-refractivity contribution is 7.89. The maximum atomic E-state index is 13.9. The summed E-state index contributed by atoms with van der Waals surface area (Å²) in [5, 5.41) is 10.1.